The van der Waals surface area contributed by atoms with Crippen LogP contribution in [0.15, 0.2) is 28.1 Å². The summed E-state index contributed by atoms with van der Waals surface area (Å²) in [7, 11) is 0. The number of carboxylic acids is 1. The fraction of sp³-hybridized carbons (Fsp3) is 0.438. The monoisotopic (exact) mass is 367 g/mol. The van der Waals surface area contributed by atoms with E-state index in [1.807, 2.05) is 6.07 Å². The van der Waals surface area contributed by atoms with Gasteiger partial charge in [-0.2, -0.15) is 0 Å². The minimum Gasteiger partial charge on any atom is -0.492 e. The molecule has 0 aliphatic heterocycles. The normalized spacial score (nSPS) is 15.4. The molecule has 1 aromatic heterocycles. The Morgan fingerprint density at radius 3 is 2.92 bits per heavy atom. The predicted molar refractivity (Wildman–Crippen MR) is 91.0 cm³/mol. The molecule has 24 heavy (non-hydrogen) atoms. The summed E-state index contributed by atoms with van der Waals surface area (Å²) in [5, 5.41) is 19.7. The van der Waals surface area contributed by atoms with E-state index in [0.717, 1.165) is 4.90 Å². The summed E-state index contributed by atoms with van der Waals surface area (Å²) < 4.78 is 5.91. The molecule has 1 heterocycles. The molecule has 3 rings (SSSR count). The molecule has 0 amide bonds. The molecule has 8 heteroatoms. The van der Waals surface area contributed by atoms with E-state index in [9.17, 15) is 4.79 Å². The molecule has 1 aromatic carbocycles. The van der Waals surface area contributed by atoms with E-state index in [1.165, 1.54) is 43.9 Å². The second-order valence-electron chi connectivity index (χ2n) is 5.81. The summed E-state index contributed by atoms with van der Waals surface area (Å²) >= 11 is 7.42. The number of rotatable bonds is 6. The molecule has 6 nitrogen and oxygen atoms in total. The number of carbonyl (C=O) groups is 1. The molecule has 1 fully saturated rings. The van der Waals surface area contributed by atoms with Gasteiger partial charge in [-0.15, -0.1) is 5.10 Å². The van der Waals surface area contributed by atoms with Crippen LogP contribution in [0.3, 0.4) is 0 Å². The second-order valence-corrected chi connectivity index (χ2v) is 7.28. The van der Waals surface area contributed by atoms with Crippen LogP contribution in [0.1, 0.15) is 42.6 Å². The Morgan fingerprint density at radius 2 is 2.17 bits per heavy atom. The van der Waals surface area contributed by atoms with Crippen molar-refractivity contribution < 1.29 is 14.6 Å². The third-order valence-electron chi connectivity index (χ3n) is 4.05. The first-order valence-electron chi connectivity index (χ1n) is 7.88. The number of H-pyrrole nitrogens is 1. The molecule has 0 bridgehead atoms. The van der Waals surface area contributed by atoms with Crippen LogP contribution < -0.4 is 4.74 Å². The smallest absolute Gasteiger partial charge is 0.356 e. The van der Waals surface area contributed by atoms with Crippen molar-refractivity contribution in [2.24, 2.45) is 5.92 Å². The number of halogens is 1. The summed E-state index contributed by atoms with van der Waals surface area (Å²) in [5.74, 6) is 0.109. The Balaban J connectivity index is 1.68. The number of benzene rings is 1. The van der Waals surface area contributed by atoms with Gasteiger partial charge in [-0.3, -0.25) is 5.10 Å². The third kappa shape index (κ3) is 4.21. The van der Waals surface area contributed by atoms with Gasteiger partial charge in [0.25, 0.3) is 0 Å². The average Bonchev–Trinajstić information content (AvgIpc) is 3.05. The first kappa shape index (κ1) is 17.1. The maximum Gasteiger partial charge on any atom is 0.356 e. The lowest BCUT2D eigenvalue weighted by molar-refractivity contribution is 0.0686. The zero-order valence-corrected chi connectivity index (χ0v) is 14.6. The molecule has 2 N–H and O–H groups in total. The van der Waals surface area contributed by atoms with E-state index in [4.69, 9.17) is 21.4 Å². The summed E-state index contributed by atoms with van der Waals surface area (Å²) in [6.07, 6.45) is 6.25. The molecule has 128 valence electrons. The number of carboxylic acid groups (broad SMARTS) is 1. The van der Waals surface area contributed by atoms with Gasteiger partial charge in [-0.1, -0.05) is 47.8 Å². The zero-order chi connectivity index (χ0) is 16.9. The summed E-state index contributed by atoms with van der Waals surface area (Å²) in [4.78, 5) is 11.9. The first-order valence-corrected chi connectivity index (χ1v) is 9.07. The molecule has 0 unspecified atom stereocenters. The molecule has 2 aromatic rings. The van der Waals surface area contributed by atoms with E-state index >= 15 is 0 Å². The highest BCUT2D eigenvalue weighted by Crippen LogP contribution is 2.35. The molecule has 1 saturated carbocycles. The van der Waals surface area contributed by atoms with E-state index in [0.29, 0.717) is 28.3 Å². The van der Waals surface area contributed by atoms with E-state index in [1.54, 1.807) is 12.1 Å². The Labute approximate surface area is 148 Å². The Morgan fingerprint density at radius 1 is 1.38 bits per heavy atom. The van der Waals surface area contributed by atoms with Crippen molar-refractivity contribution in [1.29, 1.82) is 0 Å². The molecule has 1 aliphatic rings. The van der Waals surface area contributed by atoms with Gasteiger partial charge in [-0.25, -0.2) is 4.79 Å². The van der Waals surface area contributed by atoms with Crippen LogP contribution >= 0.6 is 23.4 Å². The highest BCUT2D eigenvalue weighted by Gasteiger charge is 2.17. The molecule has 1 aliphatic carbocycles. The standard InChI is InChI=1S/C16H18ClN3O3S/c17-12-7-6-11(24-15-14(16(21)22)18-20-19-15)8-13(12)23-9-10-4-2-1-3-5-10/h6-8,10H,1-5,9H2,(H,21,22)(H,18,19,20). The number of aromatic carboxylic acids is 1. The third-order valence-corrected chi connectivity index (χ3v) is 5.33. The van der Waals surface area contributed by atoms with Gasteiger partial charge < -0.3 is 9.84 Å². The van der Waals surface area contributed by atoms with Crippen molar-refractivity contribution in [2.75, 3.05) is 6.61 Å². The van der Waals surface area contributed by atoms with Crippen LogP contribution in [0.4, 0.5) is 0 Å². The number of aromatic amines is 1. The van der Waals surface area contributed by atoms with Gasteiger partial charge >= 0.3 is 5.97 Å². The lowest BCUT2D eigenvalue weighted by atomic mass is 9.90. The SMILES string of the molecule is O=C(O)c1[nH]nnc1Sc1ccc(Cl)c(OCC2CCCCC2)c1. The summed E-state index contributed by atoms with van der Waals surface area (Å²) in [6.45, 7) is 0.665. The van der Waals surface area contributed by atoms with Crippen molar-refractivity contribution in [2.45, 2.75) is 42.0 Å². The van der Waals surface area contributed by atoms with Crippen molar-refractivity contribution in [3.8, 4) is 5.75 Å². The summed E-state index contributed by atoms with van der Waals surface area (Å²) in [6, 6.07) is 5.37. The van der Waals surface area contributed by atoms with E-state index in [2.05, 4.69) is 15.4 Å². The number of aromatic nitrogens is 3. The lowest BCUT2D eigenvalue weighted by Gasteiger charge is -2.22. The van der Waals surface area contributed by atoms with Crippen molar-refractivity contribution in [1.82, 2.24) is 15.4 Å². The van der Waals surface area contributed by atoms with Crippen molar-refractivity contribution >= 4 is 29.3 Å². The molecule has 0 atom stereocenters. The molecular formula is C16H18ClN3O3S. The van der Waals surface area contributed by atoms with E-state index < -0.39 is 5.97 Å². The number of ether oxygens (including phenoxy) is 1. The topological polar surface area (TPSA) is 88.1 Å². The van der Waals surface area contributed by atoms with Crippen LogP contribution in [-0.2, 0) is 0 Å². The van der Waals surface area contributed by atoms with Gasteiger partial charge in [0.15, 0.2) is 10.7 Å². The molecule has 0 spiro atoms. The highest BCUT2D eigenvalue weighted by atomic mass is 35.5. The summed E-state index contributed by atoms with van der Waals surface area (Å²) in [5.41, 5.74) is -0.0281. The minimum atomic E-state index is -1.09. The quantitative estimate of drug-likeness (QED) is 0.792. The maximum absolute atomic E-state index is 11.1. The van der Waals surface area contributed by atoms with Crippen LogP contribution in [0.2, 0.25) is 5.02 Å². The second kappa shape index (κ2) is 7.90. The van der Waals surface area contributed by atoms with Gasteiger partial charge in [0.05, 0.1) is 11.6 Å². The number of hydrogen-bond donors (Lipinski definition) is 2. The fourth-order valence-corrected chi connectivity index (χ4v) is 3.77. The predicted octanol–water partition coefficient (Wildman–Crippen LogP) is 4.27. The van der Waals surface area contributed by atoms with Crippen molar-refractivity contribution in [3.63, 3.8) is 0 Å². The number of nitrogens with zero attached hydrogens (tertiary/aromatic N) is 2. The zero-order valence-electron chi connectivity index (χ0n) is 13.0. The Bertz CT molecular complexity index is 716. The van der Waals surface area contributed by atoms with Gasteiger partial charge in [0.1, 0.15) is 5.75 Å². The molecule has 0 saturated heterocycles. The first-order chi connectivity index (χ1) is 11.6. The molecule has 0 radical (unpaired) electrons. The maximum atomic E-state index is 11.1. The number of hydrogen-bond acceptors (Lipinski definition) is 5. The lowest BCUT2D eigenvalue weighted by Crippen LogP contribution is -2.15. The van der Waals surface area contributed by atoms with E-state index in [-0.39, 0.29) is 5.69 Å². The van der Waals surface area contributed by atoms with Gasteiger partial charge in [-0.05, 0) is 37.0 Å². The number of nitrogens with one attached hydrogen (secondary N) is 1. The fourth-order valence-electron chi connectivity index (χ4n) is 2.76. The van der Waals surface area contributed by atoms with Crippen LogP contribution in [0.5, 0.6) is 5.75 Å². The Hall–Kier alpha value is -1.73. The Kier molecular flexibility index (Phi) is 5.63. The average molecular weight is 368 g/mol. The van der Waals surface area contributed by atoms with Gasteiger partial charge in [0, 0.05) is 4.90 Å². The highest BCUT2D eigenvalue weighted by molar-refractivity contribution is 7.99. The van der Waals surface area contributed by atoms with Crippen LogP contribution in [0.25, 0.3) is 0 Å². The molecular weight excluding hydrogens is 350 g/mol. The minimum absolute atomic E-state index is 0.0281. The largest absolute Gasteiger partial charge is 0.492 e. The van der Waals surface area contributed by atoms with Crippen LogP contribution in [-0.4, -0.2) is 33.1 Å². The van der Waals surface area contributed by atoms with Crippen molar-refractivity contribution in [3.05, 3.63) is 28.9 Å². The van der Waals surface area contributed by atoms with Gasteiger partial charge in [0.2, 0.25) is 0 Å². The van der Waals surface area contributed by atoms with Crippen LogP contribution in [0, 0.1) is 5.92 Å².